The summed E-state index contributed by atoms with van der Waals surface area (Å²) in [6.07, 6.45) is 1.06. The van der Waals surface area contributed by atoms with Gasteiger partial charge in [0.15, 0.2) is 5.75 Å². The summed E-state index contributed by atoms with van der Waals surface area (Å²) < 4.78 is 30.4. The first kappa shape index (κ1) is 19.7. The van der Waals surface area contributed by atoms with Gasteiger partial charge in [0.05, 0.1) is 22.9 Å². The van der Waals surface area contributed by atoms with E-state index in [2.05, 4.69) is 13.8 Å². The molecule has 2 aromatic carbocycles. The highest BCUT2D eigenvalue weighted by Crippen LogP contribution is 2.33. The van der Waals surface area contributed by atoms with Crippen LogP contribution < -0.4 is 9.04 Å². The van der Waals surface area contributed by atoms with Crippen LogP contribution in [-0.2, 0) is 16.6 Å². The third-order valence-electron chi connectivity index (χ3n) is 4.03. The van der Waals surface area contributed by atoms with Gasteiger partial charge in [-0.05, 0) is 23.1 Å². The number of ether oxygens (including phenoxy) is 1. The fourth-order valence-electron chi connectivity index (χ4n) is 2.33. The number of anilines is 1. The fraction of sp³-hybridized carbons (Fsp3) is 0.333. The van der Waals surface area contributed by atoms with Crippen molar-refractivity contribution in [3.8, 4) is 5.75 Å². The number of benzene rings is 2. The third-order valence-corrected chi connectivity index (χ3v) is 5.22. The van der Waals surface area contributed by atoms with Crippen molar-refractivity contribution in [3.05, 3.63) is 63.7 Å². The lowest BCUT2D eigenvalue weighted by Crippen LogP contribution is -2.25. The summed E-state index contributed by atoms with van der Waals surface area (Å²) in [7, 11) is -2.15. The van der Waals surface area contributed by atoms with Crippen LogP contribution in [0.15, 0.2) is 42.5 Å². The number of hydrogen-bond acceptors (Lipinski definition) is 5. The van der Waals surface area contributed by atoms with Crippen LogP contribution in [-0.4, -0.2) is 26.6 Å². The van der Waals surface area contributed by atoms with E-state index in [1.54, 1.807) is 0 Å². The molecule has 7 nitrogen and oxygen atoms in total. The van der Waals surface area contributed by atoms with Crippen LogP contribution in [0, 0.1) is 10.1 Å². The number of rotatable bonds is 7. The molecular formula is C18H22N2O5S. The van der Waals surface area contributed by atoms with Crippen molar-refractivity contribution in [2.45, 2.75) is 26.4 Å². The molecule has 0 N–H and O–H groups in total. The Morgan fingerprint density at radius 1 is 1.15 bits per heavy atom. The lowest BCUT2D eigenvalue weighted by molar-refractivity contribution is -0.384. The Morgan fingerprint density at radius 2 is 1.77 bits per heavy atom. The van der Waals surface area contributed by atoms with Crippen molar-refractivity contribution in [1.29, 1.82) is 0 Å². The SMILES string of the molecule is CC(C)c1ccc(COc2cc([N+](=O)[O-])ccc2N(C)S(C)(=O)=O)cc1. The predicted molar refractivity (Wildman–Crippen MR) is 101 cm³/mol. The van der Waals surface area contributed by atoms with Gasteiger partial charge < -0.3 is 4.74 Å². The second-order valence-electron chi connectivity index (χ2n) is 6.32. The van der Waals surface area contributed by atoms with Gasteiger partial charge in [0, 0.05) is 13.1 Å². The van der Waals surface area contributed by atoms with Gasteiger partial charge in [-0.1, -0.05) is 38.1 Å². The average molecular weight is 378 g/mol. The summed E-state index contributed by atoms with van der Waals surface area (Å²) in [5.74, 6) is 0.553. The van der Waals surface area contributed by atoms with Gasteiger partial charge >= 0.3 is 0 Å². The zero-order chi connectivity index (χ0) is 19.5. The molecule has 0 amide bonds. The highest BCUT2D eigenvalue weighted by molar-refractivity contribution is 7.92. The minimum Gasteiger partial charge on any atom is -0.486 e. The van der Waals surface area contributed by atoms with Crippen LogP contribution in [0.2, 0.25) is 0 Å². The average Bonchev–Trinajstić information content (AvgIpc) is 2.58. The number of non-ortho nitro benzene ring substituents is 1. The van der Waals surface area contributed by atoms with E-state index in [4.69, 9.17) is 4.74 Å². The van der Waals surface area contributed by atoms with E-state index < -0.39 is 14.9 Å². The molecule has 2 rings (SSSR count). The topological polar surface area (TPSA) is 89.8 Å². The third kappa shape index (κ3) is 4.72. The standard InChI is InChI=1S/C18H22N2O5S/c1-13(2)15-7-5-14(6-8-15)12-25-18-11-16(20(21)22)9-10-17(18)19(3)26(4,23)24/h5-11,13H,12H2,1-4H3. The summed E-state index contributed by atoms with van der Waals surface area (Å²) in [5.41, 5.74) is 2.16. The second kappa shape index (κ2) is 7.74. The minimum atomic E-state index is -3.53. The van der Waals surface area contributed by atoms with Gasteiger partial charge in [0.1, 0.15) is 6.61 Å². The van der Waals surface area contributed by atoms with Crippen molar-refractivity contribution < 1.29 is 18.1 Å². The lowest BCUT2D eigenvalue weighted by atomic mass is 10.0. The Kier molecular flexibility index (Phi) is 5.86. The molecule has 0 heterocycles. The van der Waals surface area contributed by atoms with E-state index in [9.17, 15) is 18.5 Å². The van der Waals surface area contributed by atoms with Crippen molar-refractivity contribution in [2.75, 3.05) is 17.6 Å². The van der Waals surface area contributed by atoms with Crippen molar-refractivity contribution >= 4 is 21.4 Å². The Bertz CT molecular complexity index is 892. The largest absolute Gasteiger partial charge is 0.486 e. The van der Waals surface area contributed by atoms with E-state index in [1.807, 2.05) is 24.3 Å². The normalized spacial score (nSPS) is 11.4. The van der Waals surface area contributed by atoms with Gasteiger partial charge in [-0.3, -0.25) is 14.4 Å². The van der Waals surface area contributed by atoms with Gasteiger partial charge in [-0.2, -0.15) is 0 Å². The first-order valence-electron chi connectivity index (χ1n) is 8.03. The van der Waals surface area contributed by atoms with Crippen LogP contribution in [0.4, 0.5) is 11.4 Å². The Hall–Kier alpha value is -2.61. The monoisotopic (exact) mass is 378 g/mol. The maximum atomic E-state index is 11.8. The van der Waals surface area contributed by atoms with Gasteiger partial charge in [-0.25, -0.2) is 8.42 Å². The molecule has 0 radical (unpaired) electrons. The molecule has 0 bridgehead atoms. The Morgan fingerprint density at radius 3 is 2.27 bits per heavy atom. The number of nitro groups is 1. The van der Waals surface area contributed by atoms with Crippen molar-refractivity contribution in [1.82, 2.24) is 0 Å². The number of sulfonamides is 1. The molecule has 140 valence electrons. The fourth-order valence-corrected chi connectivity index (χ4v) is 2.84. The molecule has 0 aliphatic heterocycles. The molecule has 26 heavy (non-hydrogen) atoms. The first-order valence-corrected chi connectivity index (χ1v) is 9.88. The van der Waals surface area contributed by atoms with E-state index in [0.29, 0.717) is 5.92 Å². The quantitative estimate of drug-likeness (QED) is 0.541. The van der Waals surface area contributed by atoms with Gasteiger partial charge in [-0.15, -0.1) is 0 Å². The number of nitro benzene ring substituents is 1. The highest BCUT2D eigenvalue weighted by atomic mass is 32.2. The smallest absolute Gasteiger partial charge is 0.273 e. The molecule has 0 saturated heterocycles. The molecular weight excluding hydrogens is 356 g/mol. The first-order chi connectivity index (χ1) is 12.1. The second-order valence-corrected chi connectivity index (χ2v) is 8.34. The van der Waals surface area contributed by atoms with Crippen LogP contribution in [0.5, 0.6) is 5.75 Å². The number of hydrogen-bond donors (Lipinski definition) is 0. The zero-order valence-electron chi connectivity index (χ0n) is 15.2. The molecule has 0 aliphatic carbocycles. The van der Waals surface area contributed by atoms with Crippen LogP contribution in [0.3, 0.4) is 0 Å². The summed E-state index contributed by atoms with van der Waals surface area (Å²) in [6, 6.07) is 11.7. The van der Waals surface area contributed by atoms with Crippen molar-refractivity contribution in [2.24, 2.45) is 0 Å². The molecule has 0 spiro atoms. The molecule has 0 aromatic heterocycles. The molecule has 0 unspecified atom stereocenters. The van der Waals surface area contributed by atoms with Gasteiger partial charge in [0.25, 0.3) is 5.69 Å². The Labute approximate surface area is 153 Å². The molecule has 8 heteroatoms. The summed E-state index contributed by atoms with van der Waals surface area (Å²) in [4.78, 5) is 10.5. The highest BCUT2D eigenvalue weighted by Gasteiger charge is 2.20. The van der Waals surface area contributed by atoms with E-state index in [1.165, 1.54) is 30.8 Å². The van der Waals surface area contributed by atoms with E-state index in [0.717, 1.165) is 16.1 Å². The van der Waals surface area contributed by atoms with Crippen LogP contribution in [0.1, 0.15) is 30.9 Å². The molecule has 0 atom stereocenters. The predicted octanol–water partition coefficient (Wildman–Crippen LogP) is 3.69. The summed E-state index contributed by atoms with van der Waals surface area (Å²) in [5, 5.41) is 11.0. The number of nitrogens with zero attached hydrogens (tertiary/aromatic N) is 2. The summed E-state index contributed by atoms with van der Waals surface area (Å²) >= 11 is 0. The van der Waals surface area contributed by atoms with E-state index in [-0.39, 0.29) is 23.7 Å². The molecule has 0 aliphatic rings. The lowest BCUT2D eigenvalue weighted by Gasteiger charge is -2.20. The molecule has 0 saturated carbocycles. The Balaban J connectivity index is 2.30. The maximum Gasteiger partial charge on any atom is 0.273 e. The van der Waals surface area contributed by atoms with Gasteiger partial charge in [0.2, 0.25) is 10.0 Å². The molecule has 0 fully saturated rings. The van der Waals surface area contributed by atoms with Crippen LogP contribution >= 0.6 is 0 Å². The van der Waals surface area contributed by atoms with Crippen LogP contribution in [0.25, 0.3) is 0 Å². The zero-order valence-corrected chi connectivity index (χ0v) is 16.0. The van der Waals surface area contributed by atoms with Crippen molar-refractivity contribution in [3.63, 3.8) is 0 Å². The van der Waals surface area contributed by atoms with E-state index >= 15 is 0 Å². The molecule has 2 aromatic rings. The maximum absolute atomic E-state index is 11.8. The minimum absolute atomic E-state index is 0.139. The summed E-state index contributed by atoms with van der Waals surface area (Å²) in [6.45, 7) is 4.37.